The number of hydrogen-bond donors (Lipinski definition) is 1. The fourth-order valence-electron chi connectivity index (χ4n) is 2.00. The molecule has 0 aromatic carbocycles. The maximum absolute atomic E-state index is 12.3. The molecule has 2 atom stereocenters. The third kappa shape index (κ3) is 1.05. The van der Waals surface area contributed by atoms with Gasteiger partial charge < -0.3 is 5.32 Å². The van der Waals surface area contributed by atoms with E-state index in [4.69, 9.17) is 0 Å². The minimum absolute atomic E-state index is 0.117. The minimum Gasteiger partial charge on any atom is -0.316 e. The van der Waals surface area contributed by atoms with E-state index < -0.39 is 0 Å². The van der Waals surface area contributed by atoms with Crippen LogP contribution in [-0.2, 0) is 0 Å². The molecule has 0 unspecified atom stereocenters. The first-order chi connectivity index (χ1) is 4.92. The Morgan fingerprint density at radius 2 is 2.10 bits per heavy atom. The van der Waals surface area contributed by atoms with E-state index in [0.717, 1.165) is 19.0 Å². The molecule has 1 aliphatic heterocycles. The lowest BCUT2D eigenvalue weighted by Gasteiger charge is -2.12. The van der Waals surface area contributed by atoms with Crippen LogP contribution in [0.15, 0.2) is 0 Å². The molecule has 0 radical (unpaired) electrons. The van der Waals surface area contributed by atoms with Crippen LogP contribution >= 0.6 is 0 Å². The van der Waals surface area contributed by atoms with E-state index in [-0.39, 0.29) is 6.67 Å². The van der Waals surface area contributed by atoms with Gasteiger partial charge in [-0.15, -0.1) is 0 Å². The highest BCUT2D eigenvalue weighted by atomic mass is 19.1. The molecule has 2 fully saturated rings. The molecule has 0 amide bonds. The summed E-state index contributed by atoms with van der Waals surface area (Å²) in [7, 11) is 0. The van der Waals surface area contributed by atoms with Crippen molar-refractivity contribution in [3.8, 4) is 0 Å². The second kappa shape index (κ2) is 2.50. The van der Waals surface area contributed by atoms with Crippen molar-refractivity contribution >= 4 is 0 Å². The number of hydrogen-bond acceptors (Lipinski definition) is 1. The number of rotatable bonds is 2. The van der Waals surface area contributed by atoms with Crippen LogP contribution in [-0.4, -0.2) is 19.8 Å². The number of alkyl halides is 1. The lowest BCUT2D eigenvalue weighted by atomic mass is 9.93. The van der Waals surface area contributed by atoms with Gasteiger partial charge in [0.05, 0.1) is 6.67 Å². The molecule has 58 valence electrons. The maximum atomic E-state index is 12.3. The second-order valence-corrected chi connectivity index (χ2v) is 3.57. The number of halogens is 1. The van der Waals surface area contributed by atoms with Crippen LogP contribution in [0.3, 0.4) is 0 Å². The zero-order chi connectivity index (χ0) is 6.97. The lowest BCUT2D eigenvalue weighted by molar-refractivity contribution is 0.292. The molecule has 0 aromatic heterocycles. The predicted octanol–water partition coefficient (Wildman–Crippen LogP) is 1.20. The Labute approximate surface area is 61.0 Å². The van der Waals surface area contributed by atoms with Gasteiger partial charge in [-0.2, -0.15) is 0 Å². The Hall–Kier alpha value is -0.110. The standard InChI is InChI=1S/C8H14FN/c9-3-7-4-10-5-8(7)6-1-2-6/h6-8,10H,1-5H2/t7-,8+/m0/s1. The molecule has 1 aliphatic carbocycles. The molecule has 1 saturated carbocycles. The quantitative estimate of drug-likeness (QED) is 0.612. The Morgan fingerprint density at radius 3 is 2.70 bits per heavy atom. The van der Waals surface area contributed by atoms with E-state index in [0.29, 0.717) is 11.8 Å². The molecule has 2 aliphatic rings. The largest absolute Gasteiger partial charge is 0.316 e. The molecular weight excluding hydrogens is 129 g/mol. The highest BCUT2D eigenvalue weighted by Crippen LogP contribution is 2.41. The molecule has 1 saturated heterocycles. The minimum atomic E-state index is -0.117. The van der Waals surface area contributed by atoms with Gasteiger partial charge in [-0.25, -0.2) is 0 Å². The van der Waals surface area contributed by atoms with E-state index in [1.165, 1.54) is 12.8 Å². The van der Waals surface area contributed by atoms with Gasteiger partial charge in [0.15, 0.2) is 0 Å². The summed E-state index contributed by atoms with van der Waals surface area (Å²) in [6.07, 6.45) is 2.70. The van der Waals surface area contributed by atoms with Crippen molar-refractivity contribution < 1.29 is 4.39 Å². The summed E-state index contributed by atoms with van der Waals surface area (Å²) in [6.45, 7) is 1.87. The van der Waals surface area contributed by atoms with Crippen molar-refractivity contribution in [2.75, 3.05) is 19.8 Å². The third-order valence-electron chi connectivity index (χ3n) is 2.82. The molecule has 10 heavy (non-hydrogen) atoms. The zero-order valence-electron chi connectivity index (χ0n) is 6.15. The maximum Gasteiger partial charge on any atom is 0.0937 e. The summed E-state index contributed by atoms with van der Waals surface area (Å²) in [6, 6.07) is 0. The van der Waals surface area contributed by atoms with Gasteiger partial charge in [0, 0.05) is 12.5 Å². The van der Waals surface area contributed by atoms with Crippen molar-refractivity contribution in [3.63, 3.8) is 0 Å². The van der Waals surface area contributed by atoms with Gasteiger partial charge in [0.1, 0.15) is 0 Å². The van der Waals surface area contributed by atoms with Gasteiger partial charge in [-0.3, -0.25) is 4.39 Å². The topological polar surface area (TPSA) is 12.0 Å². The van der Waals surface area contributed by atoms with Crippen molar-refractivity contribution in [2.45, 2.75) is 12.8 Å². The monoisotopic (exact) mass is 143 g/mol. The molecule has 1 nitrogen and oxygen atoms in total. The molecule has 2 rings (SSSR count). The molecule has 0 bridgehead atoms. The normalized spacial score (nSPS) is 40.5. The van der Waals surface area contributed by atoms with Crippen LogP contribution in [0.1, 0.15) is 12.8 Å². The van der Waals surface area contributed by atoms with Crippen LogP contribution < -0.4 is 5.32 Å². The fraction of sp³-hybridized carbons (Fsp3) is 1.00. The molecule has 0 spiro atoms. The predicted molar refractivity (Wildman–Crippen MR) is 38.5 cm³/mol. The smallest absolute Gasteiger partial charge is 0.0937 e. The van der Waals surface area contributed by atoms with Gasteiger partial charge in [0.25, 0.3) is 0 Å². The summed E-state index contributed by atoms with van der Waals surface area (Å²) in [5, 5.41) is 3.25. The summed E-state index contributed by atoms with van der Waals surface area (Å²) >= 11 is 0. The highest BCUT2D eigenvalue weighted by Gasteiger charge is 2.38. The summed E-state index contributed by atoms with van der Waals surface area (Å²) < 4.78 is 12.3. The molecule has 0 aromatic rings. The van der Waals surface area contributed by atoms with Crippen LogP contribution in [0.4, 0.5) is 4.39 Å². The molecule has 1 heterocycles. The van der Waals surface area contributed by atoms with Gasteiger partial charge in [-0.1, -0.05) is 0 Å². The van der Waals surface area contributed by atoms with E-state index in [1.54, 1.807) is 0 Å². The van der Waals surface area contributed by atoms with E-state index in [9.17, 15) is 4.39 Å². The molecule has 1 N–H and O–H groups in total. The Balaban J connectivity index is 1.91. The molecule has 2 heteroatoms. The second-order valence-electron chi connectivity index (χ2n) is 3.57. The van der Waals surface area contributed by atoms with Crippen LogP contribution in [0.2, 0.25) is 0 Å². The van der Waals surface area contributed by atoms with Crippen LogP contribution in [0.5, 0.6) is 0 Å². The zero-order valence-corrected chi connectivity index (χ0v) is 6.15. The van der Waals surface area contributed by atoms with Gasteiger partial charge in [0.2, 0.25) is 0 Å². The van der Waals surface area contributed by atoms with Crippen molar-refractivity contribution in [1.29, 1.82) is 0 Å². The van der Waals surface area contributed by atoms with Crippen molar-refractivity contribution in [1.82, 2.24) is 5.32 Å². The van der Waals surface area contributed by atoms with Gasteiger partial charge >= 0.3 is 0 Å². The number of nitrogens with one attached hydrogen (secondary N) is 1. The average molecular weight is 143 g/mol. The third-order valence-corrected chi connectivity index (χ3v) is 2.82. The average Bonchev–Trinajstić information content (AvgIpc) is 2.69. The van der Waals surface area contributed by atoms with E-state index in [1.807, 2.05) is 0 Å². The first-order valence-corrected chi connectivity index (χ1v) is 4.18. The Morgan fingerprint density at radius 1 is 1.30 bits per heavy atom. The van der Waals surface area contributed by atoms with Gasteiger partial charge in [-0.05, 0) is 31.2 Å². The van der Waals surface area contributed by atoms with Crippen LogP contribution in [0, 0.1) is 17.8 Å². The summed E-state index contributed by atoms with van der Waals surface area (Å²) in [5.74, 6) is 1.88. The summed E-state index contributed by atoms with van der Waals surface area (Å²) in [4.78, 5) is 0. The van der Waals surface area contributed by atoms with Crippen LogP contribution in [0.25, 0.3) is 0 Å². The highest BCUT2D eigenvalue weighted by molar-refractivity contribution is 4.91. The lowest BCUT2D eigenvalue weighted by Crippen LogP contribution is -2.15. The first-order valence-electron chi connectivity index (χ1n) is 4.18. The van der Waals surface area contributed by atoms with E-state index in [2.05, 4.69) is 5.32 Å². The van der Waals surface area contributed by atoms with Crippen molar-refractivity contribution in [2.24, 2.45) is 17.8 Å². The summed E-state index contributed by atoms with van der Waals surface area (Å²) in [5.41, 5.74) is 0. The fourth-order valence-corrected chi connectivity index (χ4v) is 2.00. The first kappa shape index (κ1) is 6.59. The van der Waals surface area contributed by atoms with E-state index >= 15 is 0 Å². The Kier molecular flexibility index (Phi) is 1.65. The van der Waals surface area contributed by atoms with Crippen molar-refractivity contribution in [3.05, 3.63) is 0 Å². The Bertz CT molecular complexity index is 122. The molecular formula is C8H14FN. The SMILES string of the molecule is FC[C@H]1CNC[C@@H]1C1CC1.